The second-order valence-corrected chi connectivity index (χ2v) is 10.2. The number of rotatable bonds is 9. The molecule has 0 radical (unpaired) electrons. The van der Waals surface area contributed by atoms with Crippen LogP contribution in [0, 0.1) is 0 Å². The Morgan fingerprint density at radius 1 is 1.00 bits per heavy atom. The Kier molecular flexibility index (Phi) is 8.00. The molecule has 0 heterocycles. The van der Waals surface area contributed by atoms with Crippen LogP contribution in [0.5, 0.6) is 5.75 Å². The van der Waals surface area contributed by atoms with Gasteiger partial charge in [0.25, 0.3) is 15.9 Å². The van der Waals surface area contributed by atoms with Gasteiger partial charge in [0.15, 0.2) is 0 Å². The molecule has 0 bridgehead atoms. The zero-order valence-electron chi connectivity index (χ0n) is 18.8. The Bertz CT molecular complexity index is 1190. The van der Waals surface area contributed by atoms with E-state index in [1.807, 2.05) is 24.3 Å². The smallest absolute Gasteiger partial charge is 0.264 e. The van der Waals surface area contributed by atoms with Crippen LogP contribution >= 0.6 is 11.6 Å². The van der Waals surface area contributed by atoms with Gasteiger partial charge in [-0.25, -0.2) is 8.42 Å². The van der Waals surface area contributed by atoms with Crippen LogP contribution in [0.1, 0.15) is 35.7 Å². The Morgan fingerprint density at radius 2 is 1.64 bits per heavy atom. The first kappa shape index (κ1) is 24.6. The Balaban J connectivity index is 1.57. The zero-order chi connectivity index (χ0) is 24.0. The van der Waals surface area contributed by atoms with Crippen LogP contribution in [0.4, 0.5) is 5.69 Å². The molecule has 0 saturated heterocycles. The fourth-order valence-electron chi connectivity index (χ4n) is 3.24. The number of carbonyl (C=O) groups is 1. The van der Waals surface area contributed by atoms with Crippen LogP contribution in [0.2, 0.25) is 5.02 Å². The van der Waals surface area contributed by atoms with Gasteiger partial charge in [-0.05, 0) is 66.1 Å². The Hall–Kier alpha value is -3.03. The molecule has 3 aromatic carbocycles. The van der Waals surface area contributed by atoms with Crippen molar-refractivity contribution >= 4 is 33.2 Å². The van der Waals surface area contributed by atoms with Crippen molar-refractivity contribution in [3.05, 3.63) is 88.9 Å². The minimum atomic E-state index is -3.74. The minimum absolute atomic E-state index is 0.134. The molecule has 0 saturated carbocycles. The number of hydrogen-bond donors (Lipinski definition) is 1. The van der Waals surface area contributed by atoms with E-state index in [-0.39, 0.29) is 10.8 Å². The third kappa shape index (κ3) is 6.06. The molecule has 0 aliphatic heterocycles. The van der Waals surface area contributed by atoms with Crippen LogP contribution in [-0.4, -0.2) is 34.5 Å². The lowest BCUT2D eigenvalue weighted by molar-refractivity contribution is 0.0947. The summed E-state index contributed by atoms with van der Waals surface area (Å²) in [6.07, 6.45) is 0. The highest BCUT2D eigenvalue weighted by atomic mass is 35.5. The van der Waals surface area contributed by atoms with Crippen molar-refractivity contribution in [2.75, 3.05) is 24.5 Å². The van der Waals surface area contributed by atoms with E-state index >= 15 is 0 Å². The maximum atomic E-state index is 12.8. The van der Waals surface area contributed by atoms with Gasteiger partial charge in [-0.3, -0.25) is 9.10 Å². The summed E-state index contributed by atoms with van der Waals surface area (Å²) in [5.74, 6) is 0.900. The lowest BCUT2D eigenvalue weighted by atomic mass is 10.0. The van der Waals surface area contributed by atoms with Crippen LogP contribution in [-0.2, 0) is 10.0 Å². The van der Waals surface area contributed by atoms with Crippen LogP contribution in [0.25, 0.3) is 0 Å². The van der Waals surface area contributed by atoms with Crippen molar-refractivity contribution in [2.45, 2.75) is 24.7 Å². The topological polar surface area (TPSA) is 75.7 Å². The van der Waals surface area contributed by atoms with E-state index in [2.05, 4.69) is 19.2 Å². The van der Waals surface area contributed by atoms with Crippen molar-refractivity contribution in [1.29, 1.82) is 0 Å². The molecule has 174 valence electrons. The number of amides is 1. The third-order valence-electron chi connectivity index (χ3n) is 5.15. The third-order valence-corrected chi connectivity index (χ3v) is 7.20. The number of anilines is 1. The van der Waals surface area contributed by atoms with E-state index in [1.54, 1.807) is 24.3 Å². The fraction of sp³-hybridized carbons (Fsp3) is 0.240. The van der Waals surface area contributed by atoms with Crippen molar-refractivity contribution in [1.82, 2.24) is 5.32 Å². The van der Waals surface area contributed by atoms with Gasteiger partial charge in [-0.2, -0.15) is 0 Å². The molecular weight excluding hydrogens is 460 g/mol. The predicted octanol–water partition coefficient (Wildman–Crippen LogP) is 5.10. The van der Waals surface area contributed by atoms with Gasteiger partial charge in [0.05, 0.1) is 17.1 Å². The van der Waals surface area contributed by atoms with E-state index < -0.39 is 10.0 Å². The first-order chi connectivity index (χ1) is 15.7. The summed E-state index contributed by atoms with van der Waals surface area (Å²) in [6, 6.07) is 20.2. The van der Waals surface area contributed by atoms with Gasteiger partial charge in [0.2, 0.25) is 0 Å². The number of nitrogens with one attached hydrogen (secondary N) is 1. The Labute approximate surface area is 200 Å². The van der Waals surface area contributed by atoms with Gasteiger partial charge in [0.1, 0.15) is 12.4 Å². The molecule has 1 amide bonds. The Morgan fingerprint density at radius 3 is 2.27 bits per heavy atom. The highest BCUT2D eigenvalue weighted by Gasteiger charge is 2.21. The predicted molar refractivity (Wildman–Crippen MR) is 132 cm³/mol. The first-order valence-electron chi connectivity index (χ1n) is 10.5. The molecule has 0 aromatic heterocycles. The average Bonchev–Trinajstić information content (AvgIpc) is 2.81. The van der Waals surface area contributed by atoms with E-state index in [1.165, 1.54) is 31.3 Å². The minimum Gasteiger partial charge on any atom is -0.491 e. The number of ether oxygens (including phenoxy) is 1. The monoisotopic (exact) mass is 486 g/mol. The average molecular weight is 487 g/mol. The number of halogens is 1. The number of carbonyl (C=O) groups excluding carboxylic acids is 1. The lowest BCUT2D eigenvalue weighted by Crippen LogP contribution is -2.29. The largest absolute Gasteiger partial charge is 0.491 e. The van der Waals surface area contributed by atoms with E-state index in [9.17, 15) is 13.2 Å². The molecule has 0 atom stereocenters. The summed E-state index contributed by atoms with van der Waals surface area (Å²) in [5.41, 5.74) is 1.99. The molecule has 3 rings (SSSR count). The number of para-hydroxylation sites is 1. The standard InChI is InChI=1S/C25H27ClN2O4S/c1-18(2)23-6-4-5-7-24(23)32-17-16-27-25(29)19-8-12-21(13-9-19)28(3)33(30,31)22-14-10-20(26)11-15-22/h4-15,18H,16-17H2,1-3H3,(H,27,29). The molecule has 8 heteroatoms. The van der Waals surface area contributed by atoms with Crippen LogP contribution in [0.15, 0.2) is 77.7 Å². The van der Waals surface area contributed by atoms with Gasteiger partial charge < -0.3 is 10.1 Å². The molecule has 6 nitrogen and oxygen atoms in total. The molecule has 0 aliphatic rings. The highest BCUT2D eigenvalue weighted by Crippen LogP contribution is 2.26. The fourth-order valence-corrected chi connectivity index (χ4v) is 4.56. The summed E-state index contributed by atoms with van der Waals surface area (Å²) in [5, 5.41) is 3.28. The maximum Gasteiger partial charge on any atom is 0.264 e. The maximum absolute atomic E-state index is 12.8. The van der Waals surface area contributed by atoms with E-state index in [0.29, 0.717) is 35.3 Å². The van der Waals surface area contributed by atoms with Crippen molar-refractivity contribution in [3.8, 4) is 5.75 Å². The quantitative estimate of drug-likeness (QED) is 0.427. The zero-order valence-corrected chi connectivity index (χ0v) is 20.4. The molecule has 0 fully saturated rings. The molecule has 33 heavy (non-hydrogen) atoms. The number of nitrogens with zero attached hydrogens (tertiary/aromatic N) is 1. The summed E-state index contributed by atoms with van der Waals surface area (Å²) < 4.78 is 32.6. The van der Waals surface area contributed by atoms with E-state index in [4.69, 9.17) is 16.3 Å². The molecule has 1 N–H and O–H groups in total. The number of hydrogen-bond acceptors (Lipinski definition) is 4. The SMILES string of the molecule is CC(C)c1ccccc1OCCNC(=O)c1ccc(N(C)S(=O)(=O)c2ccc(Cl)cc2)cc1. The molecule has 0 spiro atoms. The highest BCUT2D eigenvalue weighted by molar-refractivity contribution is 7.92. The summed E-state index contributed by atoms with van der Waals surface area (Å²) >= 11 is 5.85. The van der Waals surface area contributed by atoms with Gasteiger partial charge in [-0.15, -0.1) is 0 Å². The molecule has 0 unspecified atom stereocenters. The summed E-state index contributed by atoms with van der Waals surface area (Å²) in [6.45, 7) is 4.89. The molecule has 3 aromatic rings. The summed E-state index contributed by atoms with van der Waals surface area (Å²) in [7, 11) is -2.27. The lowest BCUT2D eigenvalue weighted by Gasteiger charge is -2.20. The van der Waals surface area contributed by atoms with Crippen molar-refractivity contribution in [2.24, 2.45) is 0 Å². The molecule has 0 aliphatic carbocycles. The summed E-state index contributed by atoms with van der Waals surface area (Å²) in [4.78, 5) is 12.6. The van der Waals surface area contributed by atoms with Crippen LogP contribution in [0.3, 0.4) is 0 Å². The van der Waals surface area contributed by atoms with E-state index in [0.717, 1.165) is 15.6 Å². The van der Waals surface area contributed by atoms with Crippen LogP contribution < -0.4 is 14.4 Å². The second kappa shape index (κ2) is 10.7. The van der Waals surface area contributed by atoms with Crippen molar-refractivity contribution in [3.63, 3.8) is 0 Å². The number of sulfonamides is 1. The van der Waals surface area contributed by atoms with Gasteiger partial charge >= 0.3 is 0 Å². The first-order valence-corrected chi connectivity index (χ1v) is 12.4. The molecular formula is C25H27ClN2O4S. The normalized spacial score (nSPS) is 11.3. The number of benzene rings is 3. The van der Waals surface area contributed by atoms with Crippen molar-refractivity contribution < 1.29 is 17.9 Å². The van der Waals surface area contributed by atoms with Gasteiger partial charge in [0, 0.05) is 17.6 Å². The second-order valence-electron chi connectivity index (χ2n) is 7.77. The van der Waals surface area contributed by atoms with Gasteiger partial charge in [-0.1, -0.05) is 43.6 Å².